The second kappa shape index (κ2) is 6.45. The highest BCUT2D eigenvalue weighted by molar-refractivity contribution is 6.30. The maximum atomic E-state index is 13.1. The minimum absolute atomic E-state index is 0.0512. The van der Waals surface area contributed by atoms with Crippen LogP contribution in [0.25, 0.3) is 0 Å². The topological polar surface area (TPSA) is 55.8 Å². The summed E-state index contributed by atoms with van der Waals surface area (Å²) < 4.78 is 23.7. The summed E-state index contributed by atoms with van der Waals surface area (Å²) >= 11 is 5.90. The lowest BCUT2D eigenvalue weighted by Gasteiger charge is -2.12. The SMILES string of the molecule is COc1ccc(Cl)cc1COc1ccc(F)cc1C(=O)O. The molecule has 0 aromatic heterocycles. The number of ether oxygens (including phenoxy) is 2. The summed E-state index contributed by atoms with van der Waals surface area (Å²) in [6.07, 6.45) is 0. The number of carboxylic acids is 1. The second-order valence-corrected chi connectivity index (χ2v) is 4.63. The van der Waals surface area contributed by atoms with Gasteiger partial charge in [0.2, 0.25) is 0 Å². The van der Waals surface area contributed by atoms with Crippen LogP contribution in [-0.2, 0) is 6.61 Å². The number of hydrogen-bond acceptors (Lipinski definition) is 3. The highest BCUT2D eigenvalue weighted by Crippen LogP contribution is 2.26. The van der Waals surface area contributed by atoms with E-state index in [1.807, 2.05) is 0 Å². The Labute approximate surface area is 125 Å². The fourth-order valence-electron chi connectivity index (χ4n) is 1.81. The van der Waals surface area contributed by atoms with Crippen LogP contribution in [0.4, 0.5) is 4.39 Å². The molecular weight excluding hydrogens is 299 g/mol. The molecule has 0 heterocycles. The molecular formula is C15H12ClFO4. The molecule has 0 bridgehead atoms. The van der Waals surface area contributed by atoms with Crippen molar-refractivity contribution in [3.63, 3.8) is 0 Å². The molecule has 2 aromatic carbocycles. The standard InChI is InChI=1S/C15H12ClFO4/c1-20-13-4-2-10(16)6-9(13)8-21-14-5-3-11(17)7-12(14)15(18)19/h2-7H,8H2,1H3,(H,18,19). The third-order valence-corrected chi connectivity index (χ3v) is 3.03. The van der Waals surface area contributed by atoms with Gasteiger partial charge in [-0.05, 0) is 36.4 Å². The fourth-order valence-corrected chi connectivity index (χ4v) is 2.01. The zero-order chi connectivity index (χ0) is 15.4. The van der Waals surface area contributed by atoms with E-state index in [4.69, 9.17) is 26.2 Å². The van der Waals surface area contributed by atoms with E-state index in [-0.39, 0.29) is 17.9 Å². The van der Waals surface area contributed by atoms with Gasteiger partial charge in [0.25, 0.3) is 0 Å². The number of halogens is 2. The Morgan fingerprint density at radius 2 is 1.95 bits per heavy atom. The van der Waals surface area contributed by atoms with Gasteiger partial charge >= 0.3 is 5.97 Å². The molecule has 110 valence electrons. The molecule has 2 rings (SSSR count). The van der Waals surface area contributed by atoms with Crippen LogP contribution in [0.2, 0.25) is 5.02 Å². The van der Waals surface area contributed by atoms with Gasteiger partial charge in [0.15, 0.2) is 0 Å². The molecule has 0 spiro atoms. The van der Waals surface area contributed by atoms with Crippen molar-refractivity contribution < 1.29 is 23.8 Å². The monoisotopic (exact) mass is 310 g/mol. The number of benzene rings is 2. The summed E-state index contributed by atoms with van der Waals surface area (Å²) in [7, 11) is 1.51. The highest BCUT2D eigenvalue weighted by Gasteiger charge is 2.13. The summed E-state index contributed by atoms with van der Waals surface area (Å²) in [6, 6.07) is 8.33. The van der Waals surface area contributed by atoms with Crippen molar-refractivity contribution in [2.45, 2.75) is 6.61 Å². The van der Waals surface area contributed by atoms with E-state index < -0.39 is 11.8 Å². The number of carboxylic acid groups (broad SMARTS) is 1. The van der Waals surface area contributed by atoms with Crippen LogP contribution in [0.3, 0.4) is 0 Å². The predicted molar refractivity (Wildman–Crippen MR) is 75.7 cm³/mol. The Morgan fingerprint density at radius 1 is 1.24 bits per heavy atom. The van der Waals surface area contributed by atoms with Gasteiger partial charge in [-0.25, -0.2) is 9.18 Å². The van der Waals surface area contributed by atoms with E-state index in [9.17, 15) is 9.18 Å². The highest BCUT2D eigenvalue weighted by atomic mass is 35.5. The van der Waals surface area contributed by atoms with Crippen LogP contribution in [0.1, 0.15) is 15.9 Å². The van der Waals surface area contributed by atoms with E-state index in [1.54, 1.807) is 18.2 Å². The smallest absolute Gasteiger partial charge is 0.339 e. The van der Waals surface area contributed by atoms with Crippen molar-refractivity contribution in [3.8, 4) is 11.5 Å². The first kappa shape index (κ1) is 15.1. The number of carbonyl (C=O) groups is 1. The molecule has 0 fully saturated rings. The zero-order valence-corrected chi connectivity index (χ0v) is 11.9. The minimum Gasteiger partial charge on any atom is -0.496 e. The number of rotatable bonds is 5. The Morgan fingerprint density at radius 3 is 2.62 bits per heavy atom. The van der Waals surface area contributed by atoms with Crippen molar-refractivity contribution >= 4 is 17.6 Å². The molecule has 0 amide bonds. The van der Waals surface area contributed by atoms with Crippen LogP contribution < -0.4 is 9.47 Å². The van der Waals surface area contributed by atoms with Crippen molar-refractivity contribution in [2.75, 3.05) is 7.11 Å². The van der Waals surface area contributed by atoms with Gasteiger partial charge < -0.3 is 14.6 Å². The molecule has 0 radical (unpaired) electrons. The maximum absolute atomic E-state index is 13.1. The first-order valence-electron chi connectivity index (χ1n) is 5.99. The third kappa shape index (κ3) is 3.64. The molecule has 4 nitrogen and oxygen atoms in total. The molecule has 21 heavy (non-hydrogen) atoms. The van der Waals surface area contributed by atoms with Crippen molar-refractivity contribution in [1.82, 2.24) is 0 Å². The Kier molecular flexibility index (Phi) is 4.65. The van der Waals surface area contributed by atoms with Crippen LogP contribution >= 0.6 is 11.6 Å². The maximum Gasteiger partial charge on any atom is 0.339 e. The molecule has 0 aliphatic carbocycles. The van der Waals surface area contributed by atoms with Crippen molar-refractivity contribution in [3.05, 3.63) is 58.4 Å². The fraction of sp³-hybridized carbons (Fsp3) is 0.133. The van der Waals surface area contributed by atoms with E-state index in [2.05, 4.69) is 0 Å². The van der Waals surface area contributed by atoms with Crippen molar-refractivity contribution in [1.29, 1.82) is 0 Å². The molecule has 0 atom stereocenters. The lowest BCUT2D eigenvalue weighted by Crippen LogP contribution is -2.05. The molecule has 0 aliphatic rings. The molecule has 1 N–H and O–H groups in total. The summed E-state index contributed by atoms with van der Waals surface area (Å²) in [6.45, 7) is 0.0512. The molecule has 0 saturated heterocycles. The lowest BCUT2D eigenvalue weighted by molar-refractivity contribution is 0.0691. The average molecular weight is 311 g/mol. The van der Waals surface area contributed by atoms with E-state index in [0.717, 1.165) is 12.1 Å². The largest absolute Gasteiger partial charge is 0.496 e. The molecule has 2 aromatic rings. The van der Waals surface area contributed by atoms with Gasteiger partial charge in [-0.1, -0.05) is 11.6 Å². The zero-order valence-electron chi connectivity index (χ0n) is 11.1. The Hall–Kier alpha value is -2.27. The second-order valence-electron chi connectivity index (χ2n) is 4.19. The third-order valence-electron chi connectivity index (χ3n) is 2.80. The van der Waals surface area contributed by atoms with Gasteiger partial charge in [0.1, 0.15) is 29.5 Å². The van der Waals surface area contributed by atoms with Gasteiger partial charge in [-0.2, -0.15) is 0 Å². The van der Waals surface area contributed by atoms with Gasteiger partial charge in [-0.15, -0.1) is 0 Å². The van der Waals surface area contributed by atoms with Gasteiger partial charge in [0, 0.05) is 10.6 Å². The minimum atomic E-state index is -1.26. The van der Waals surface area contributed by atoms with Gasteiger partial charge in [0.05, 0.1) is 7.11 Å². The first-order chi connectivity index (χ1) is 10.0. The predicted octanol–water partition coefficient (Wildman–Crippen LogP) is 3.76. The van der Waals surface area contributed by atoms with Crippen LogP contribution in [0.5, 0.6) is 11.5 Å². The number of hydrogen-bond donors (Lipinski definition) is 1. The van der Waals surface area contributed by atoms with Gasteiger partial charge in [-0.3, -0.25) is 0 Å². The number of methoxy groups -OCH3 is 1. The first-order valence-corrected chi connectivity index (χ1v) is 6.37. The Balaban J connectivity index is 2.24. The van der Waals surface area contributed by atoms with Crippen LogP contribution in [-0.4, -0.2) is 18.2 Å². The summed E-state index contributed by atoms with van der Waals surface area (Å²) in [5.41, 5.74) is 0.418. The summed E-state index contributed by atoms with van der Waals surface area (Å²) in [5.74, 6) is -1.26. The summed E-state index contributed by atoms with van der Waals surface area (Å²) in [5, 5.41) is 9.55. The Bertz CT molecular complexity index is 673. The van der Waals surface area contributed by atoms with E-state index in [1.165, 1.54) is 13.2 Å². The average Bonchev–Trinajstić information content (AvgIpc) is 2.46. The summed E-state index contributed by atoms with van der Waals surface area (Å²) in [4.78, 5) is 11.1. The molecule has 6 heteroatoms. The van der Waals surface area contributed by atoms with E-state index >= 15 is 0 Å². The van der Waals surface area contributed by atoms with Crippen LogP contribution in [0.15, 0.2) is 36.4 Å². The van der Waals surface area contributed by atoms with Crippen molar-refractivity contribution in [2.24, 2.45) is 0 Å². The van der Waals surface area contributed by atoms with E-state index in [0.29, 0.717) is 16.3 Å². The normalized spacial score (nSPS) is 10.2. The molecule has 0 saturated carbocycles. The van der Waals surface area contributed by atoms with Crippen LogP contribution in [0, 0.1) is 5.82 Å². The molecule has 0 aliphatic heterocycles. The molecule has 0 unspecified atom stereocenters. The quantitative estimate of drug-likeness (QED) is 0.913. The lowest BCUT2D eigenvalue weighted by atomic mass is 10.2. The number of aromatic carboxylic acids is 1.